The fraction of sp³-hybridized carbons (Fsp3) is 0.615. The Kier molecular flexibility index (Phi) is 4.43. The number of aromatic nitrogens is 1. The number of carbonyl (C=O) groups excluding carboxylic acids is 1. The van der Waals surface area contributed by atoms with Crippen LogP contribution in [0.15, 0.2) is 16.7 Å². The van der Waals surface area contributed by atoms with Crippen LogP contribution in [0.3, 0.4) is 0 Å². The molecular weight excluding hydrogens is 312 g/mol. The third kappa shape index (κ3) is 2.62. The lowest BCUT2D eigenvalue weighted by Gasteiger charge is -2.37. The van der Waals surface area contributed by atoms with Crippen LogP contribution in [0.1, 0.15) is 31.3 Å². The van der Waals surface area contributed by atoms with Crippen LogP contribution in [0.25, 0.3) is 0 Å². The molecule has 1 aromatic heterocycles. The van der Waals surface area contributed by atoms with Gasteiger partial charge in [0.2, 0.25) is 0 Å². The summed E-state index contributed by atoms with van der Waals surface area (Å²) < 4.78 is 2.98. The van der Waals surface area contributed by atoms with Crippen molar-refractivity contribution in [3.63, 3.8) is 0 Å². The highest BCUT2D eigenvalue weighted by molar-refractivity contribution is 9.10. The highest BCUT2D eigenvalue weighted by Gasteiger charge is 2.30. The first-order chi connectivity index (χ1) is 8.54. The Labute approximate surface area is 121 Å². The van der Waals surface area contributed by atoms with E-state index in [4.69, 9.17) is 0 Å². The molecule has 0 N–H and O–H groups in total. The van der Waals surface area contributed by atoms with Gasteiger partial charge in [-0.15, -0.1) is 0 Å². The summed E-state index contributed by atoms with van der Waals surface area (Å²) in [5.41, 5.74) is 0.787. The van der Waals surface area contributed by atoms with Crippen molar-refractivity contribution in [1.29, 1.82) is 0 Å². The van der Waals surface area contributed by atoms with Gasteiger partial charge in [-0.05, 0) is 35.8 Å². The standard InChI is InChI=1S/C13H19BrN2OS/c1-4-15-8-11(14)7-12(15)13(17)16-5-6-18-10(3)9(16)2/h7-10H,4-6H2,1-3H3. The molecule has 1 fully saturated rings. The van der Waals surface area contributed by atoms with Crippen molar-refractivity contribution in [3.05, 3.63) is 22.4 Å². The second-order valence-corrected chi connectivity index (χ2v) is 7.05. The lowest BCUT2D eigenvalue weighted by Crippen LogP contribution is -2.48. The molecule has 1 amide bonds. The predicted molar refractivity (Wildman–Crippen MR) is 80.2 cm³/mol. The highest BCUT2D eigenvalue weighted by Crippen LogP contribution is 2.26. The van der Waals surface area contributed by atoms with Crippen LogP contribution in [0.5, 0.6) is 0 Å². The quantitative estimate of drug-likeness (QED) is 0.831. The molecule has 0 bridgehead atoms. The molecule has 5 heteroatoms. The molecule has 1 aliphatic heterocycles. The minimum absolute atomic E-state index is 0.155. The summed E-state index contributed by atoms with van der Waals surface area (Å²) in [6.07, 6.45) is 1.97. The first-order valence-electron chi connectivity index (χ1n) is 6.32. The molecule has 1 aliphatic rings. The second kappa shape index (κ2) is 5.70. The molecule has 2 heterocycles. The average Bonchev–Trinajstić information content (AvgIpc) is 2.73. The van der Waals surface area contributed by atoms with Gasteiger partial charge in [0.1, 0.15) is 5.69 Å². The summed E-state index contributed by atoms with van der Waals surface area (Å²) in [5.74, 6) is 1.19. The minimum atomic E-state index is 0.155. The number of rotatable bonds is 2. The van der Waals surface area contributed by atoms with E-state index in [9.17, 15) is 4.79 Å². The molecule has 1 saturated heterocycles. The molecule has 2 atom stereocenters. The summed E-state index contributed by atoms with van der Waals surface area (Å²) in [4.78, 5) is 14.6. The van der Waals surface area contributed by atoms with Gasteiger partial charge in [0.25, 0.3) is 5.91 Å². The van der Waals surface area contributed by atoms with E-state index in [0.29, 0.717) is 11.3 Å². The van der Waals surface area contributed by atoms with Gasteiger partial charge in [-0.2, -0.15) is 11.8 Å². The molecule has 100 valence electrons. The van der Waals surface area contributed by atoms with Crippen LogP contribution < -0.4 is 0 Å². The molecule has 3 nitrogen and oxygen atoms in total. The smallest absolute Gasteiger partial charge is 0.270 e. The number of aryl methyl sites for hydroxylation is 1. The van der Waals surface area contributed by atoms with Gasteiger partial charge in [-0.1, -0.05) is 6.92 Å². The first kappa shape index (κ1) is 14.0. The van der Waals surface area contributed by atoms with Crippen molar-refractivity contribution in [1.82, 2.24) is 9.47 Å². The molecule has 0 radical (unpaired) electrons. The van der Waals surface area contributed by atoms with Gasteiger partial charge < -0.3 is 9.47 Å². The normalized spacial score (nSPS) is 24.3. The van der Waals surface area contributed by atoms with Gasteiger partial charge in [0, 0.05) is 40.8 Å². The average molecular weight is 331 g/mol. The molecule has 0 saturated carbocycles. The van der Waals surface area contributed by atoms with Gasteiger partial charge in [0.05, 0.1) is 0 Å². The zero-order chi connectivity index (χ0) is 13.3. The van der Waals surface area contributed by atoms with Crippen molar-refractivity contribution in [2.24, 2.45) is 0 Å². The van der Waals surface area contributed by atoms with E-state index >= 15 is 0 Å². The molecule has 0 aromatic carbocycles. The third-order valence-electron chi connectivity index (χ3n) is 3.57. The van der Waals surface area contributed by atoms with Crippen LogP contribution in [0.4, 0.5) is 0 Å². The van der Waals surface area contributed by atoms with Crippen LogP contribution in [0, 0.1) is 0 Å². The Morgan fingerprint density at radius 1 is 1.56 bits per heavy atom. The molecule has 0 spiro atoms. The highest BCUT2D eigenvalue weighted by atomic mass is 79.9. The predicted octanol–water partition coefficient (Wildman–Crippen LogP) is 3.24. The minimum Gasteiger partial charge on any atom is -0.343 e. The summed E-state index contributed by atoms with van der Waals surface area (Å²) in [6, 6.07) is 2.22. The van der Waals surface area contributed by atoms with Gasteiger partial charge >= 0.3 is 0 Å². The zero-order valence-electron chi connectivity index (χ0n) is 11.0. The Morgan fingerprint density at radius 2 is 2.28 bits per heavy atom. The zero-order valence-corrected chi connectivity index (χ0v) is 13.4. The first-order valence-corrected chi connectivity index (χ1v) is 8.17. The van der Waals surface area contributed by atoms with Crippen LogP contribution in [-0.2, 0) is 6.54 Å². The Morgan fingerprint density at radius 3 is 2.94 bits per heavy atom. The van der Waals surface area contributed by atoms with Crippen molar-refractivity contribution in [2.45, 2.75) is 38.6 Å². The number of hydrogen-bond donors (Lipinski definition) is 0. The van der Waals surface area contributed by atoms with Crippen molar-refractivity contribution in [3.8, 4) is 0 Å². The molecule has 0 aliphatic carbocycles. The summed E-state index contributed by atoms with van der Waals surface area (Å²) >= 11 is 5.40. The van der Waals surface area contributed by atoms with Crippen LogP contribution in [-0.4, -0.2) is 39.0 Å². The van der Waals surface area contributed by atoms with Crippen molar-refractivity contribution in [2.75, 3.05) is 12.3 Å². The van der Waals surface area contributed by atoms with Crippen LogP contribution in [0.2, 0.25) is 0 Å². The summed E-state index contributed by atoms with van der Waals surface area (Å²) in [6.45, 7) is 8.06. The van der Waals surface area contributed by atoms with E-state index in [2.05, 4.69) is 36.7 Å². The number of halogens is 1. The van der Waals surface area contributed by atoms with E-state index < -0.39 is 0 Å². The fourth-order valence-corrected chi connectivity index (χ4v) is 3.85. The number of thioether (sulfide) groups is 1. The number of carbonyl (C=O) groups is 1. The Balaban J connectivity index is 2.24. The number of amides is 1. The van der Waals surface area contributed by atoms with Gasteiger partial charge in [0.15, 0.2) is 0 Å². The van der Waals surface area contributed by atoms with E-state index in [1.165, 1.54) is 0 Å². The number of nitrogens with zero attached hydrogens (tertiary/aromatic N) is 2. The van der Waals surface area contributed by atoms with E-state index in [0.717, 1.165) is 29.0 Å². The number of hydrogen-bond acceptors (Lipinski definition) is 2. The van der Waals surface area contributed by atoms with Crippen molar-refractivity contribution < 1.29 is 4.79 Å². The molecule has 2 unspecified atom stereocenters. The SMILES string of the molecule is CCn1cc(Br)cc1C(=O)N1CCSC(C)C1C. The second-order valence-electron chi connectivity index (χ2n) is 4.64. The summed E-state index contributed by atoms with van der Waals surface area (Å²) in [5, 5.41) is 0.510. The van der Waals surface area contributed by atoms with E-state index in [-0.39, 0.29) is 5.91 Å². The molecule has 18 heavy (non-hydrogen) atoms. The lowest BCUT2D eigenvalue weighted by molar-refractivity contribution is 0.0687. The molecule has 2 rings (SSSR count). The largest absolute Gasteiger partial charge is 0.343 e. The topological polar surface area (TPSA) is 25.2 Å². The van der Waals surface area contributed by atoms with Gasteiger partial charge in [-0.3, -0.25) is 4.79 Å². The monoisotopic (exact) mass is 330 g/mol. The maximum atomic E-state index is 12.6. The van der Waals surface area contributed by atoms with Gasteiger partial charge in [-0.25, -0.2) is 0 Å². The maximum absolute atomic E-state index is 12.6. The Hall–Kier alpha value is -0.420. The molecule has 1 aromatic rings. The molecular formula is C13H19BrN2OS. The maximum Gasteiger partial charge on any atom is 0.270 e. The van der Waals surface area contributed by atoms with E-state index in [1.54, 1.807) is 0 Å². The summed E-state index contributed by atoms with van der Waals surface area (Å²) in [7, 11) is 0. The van der Waals surface area contributed by atoms with Crippen LogP contribution >= 0.6 is 27.7 Å². The van der Waals surface area contributed by atoms with Crippen molar-refractivity contribution >= 4 is 33.6 Å². The van der Waals surface area contributed by atoms with E-state index in [1.807, 2.05) is 33.5 Å². The third-order valence-corrected chi connectivity index (χ3v) is 5.34. The fourth-order valence-electron chi connectivity index (χ4n) is 2.28. The lowest BCUT2D eigenvalue weighted by atomic mass is 10.2. The Bertz CT molecular complexity index is 446.